The smallest absolute Gasteiger partial charge is 0.281 e. The summed E-state index contributed by atoms with van der Waals surface area (Å²) in [4.78, 5) is 16.2. The van der Waals surface area contributed by atoms with Gasteiger partial charge in [0.25, 0.3) is 5.56 Å². The van der Waals surface area contributed by atoms with Crippen molar-refractivity contribution in [3.05, 3.63) is 86.9 Å². The molecule has 140 valence electrons. The van der Waals surface area contributed by atoms with E-state index in [0.29, 0.717) is 11.1 Å². The Morgan fingerprint density at radius 2 is 1.64 bits per heavy atom. The minimum atomic E-state index is -1.13. The van der Waals surface area contributed by atoms with Gasteiger partial charge in [0.05, 0.1) is 21.1 Å². The fourth-order valence-corrected chi connectivity index (χ4v) is 3.28. The minimum Gasteiger partial charge on any atom is -0.434 e. The summed E-state index contributed by atoms with van der Waals surface area (Å²) in [5, 5.41) is 4.70. The first kappa shape index (κ1) is 18.3. The van der Waals surface area contributed by atoms with E-state index in [0.717, 1.165) is 6.07 Å². The molecular weight excluding hydrogens is 411 g/mol. The van der Waals surface area contributed by atoms with Crippen LogP contribution in [0.25, 0.3) is 16.6 Å². The van der Waals surface area contributed by atoms with E-state index in [1.807, 2.05) is 0 Å². The zero-order valence-corrected chi connectivity index (χ0v) is 15.4. The minimum absolute atomic E-state index is 0.0290. The number of hydrogen-bond donors (Lipinski definition) is 0. The SMILES string of the molecule is O=c1ncn2nc(Oc3cccc(F)c3F)ccc2c1-c1c(Cl)cccc1Cl. The number of benzene rings is 2. The van der Waals surface area contributed by atoms with Crippen LogP contribution in [-0.4, -0.2) is 14.6 Å². The van der Waals surface area contributed by atoms with Gasteiger partial charge in [-0.05, 0) is 30.3 Å². The fraction of sp³-hybridized carbons (Fsp3) is 0. The van der Waals surface area contributed by atoms with Crippen molar-refractivity contribution in [2.75, 3.05) is 0 Å². The molecule has 0 N–H and O–H groups in total. The van der Waals surface area contributed by atoms with Gasteiger partial charge < -0.3 is 4.74 Å². The zero-order chi connectivity index (χ0) is 19.8. The third-order valence-electron chi connectivity index (χ3n) is 3.93. The summed E-state index contributed by atoms with van der Waals surface area (Å²) < 4.78 is 33.7. The van der Waals surface area contributed by atoms with Crippen molar-refractivity contribution < 1.29 is 13.5 Å². The van der Waals surface area contributed by atoms with Gasteiger partial charge in [-0.1, -0.05) is 35.3 Å². The van der Waals surface area contributed by atoms with Gasteiger partial charge in [0.1, 0.15) is 6.33 Å². The molecule has 2 aromatic heterocycles. The molecule has 9 heteroatoms. The lowest BCUT2D eigenvalue weighted by Gasteiger charge is -2.11. The van der Waals surface area contributed by atoms with Crippen LogP contribution < -0.4 is 10.3 Å². The van der Waals surface area contributed by atoms with Crippen LogP contribution >= 0.6 is 23.2 Å². The molecule has 0 aliphatic carbocycles. The summed E-state index contributed by atoms with van der Waals surface area (Å²) in [6.07, 6.45) is 1.18. The average molecular weight is 420 g/mol. The van der Waals surface area contributed by atoms with Crippen molar-refractivity contribution in [2.45, 2.75) is 0 Å². The van der Waals surface area contributed by atoms with Crippen LogP contribution in [0.15, 0.2) is 59.7 Å². The highest BCUT2D eigenvalue weighted by atomic mass is 35.5. The van der Waals surface area contributed by atoms with Gasteiger partial charge in [0.2, 0.25) is 11.7 Å². The number of rotatable bonds is 3. The van der Waals surface area contributed by atoms with Crippen LogP contribution in [0.4, 0.5) is 8.78 Å². The van der Waals surface area contributed by atoms with E-state index in [9.17, 15) is 13.6 Å². The molecule has 28 heavy (non-hydrogen) atoms. The van der Waals surface area contributed by atoms with Crippen molar-refractivity contribution in [2.24, 2.45) is 0 Å². The highest BCUT2D eigenvalue weighted by Crippen LogP contribution is 2.35. The van der Waals surface area contributed by atoms with Gasteiger partial charge >= 0.3 is 0 Å². The van der Waals surface area contributed by atoms with E-state index >= 15 is 0 Å². The molecule has 0 saturated heterocycles. The summed E-state index contributed by atoms with van der Waals surface area (Å²) in [6.45, 7) is 0. The van der Waals surface area contributed by atoms with Crippen molar-refractivity contribution in [3.63, 3.8) is 0 Å². The topological polar surface area (TPSA) is 56.5 Å². The van der Waals surface area contributed by atoms with E-state index in [-0.39, 0.29) is 27.2 Å². The Hall–Kier alpha value is -3.03. The lowest BCUT2D eigenvalue weighted by atomic mass is 10.1. The molecule has 4 rings (SSSR count). The Labute approximate surface area is 166 Å². The van der Waals surface area contributed by atoms with Crippen molar-refractivity contribution in [1.82, 2.24) is 14.6 Å². The lowest BCUT2D eigenvalue weighted by molar-refractivity contribution is 0.400. The second-order valence-electron chi connectivity index (χ2n) is 5.68. The quantitative estimate of drug-likeness (QED) is 0.461. The molecule has 0 radical (unpaired) electrons. The predicted octanol–water partition coefficient (Wildman–Crippen LogP) is 5.13. The largest absolute Gasteiger partial charge is 0.434 e. The number of hydrogen-bond acceptors (Lipinski definition) is 4. The van der Waals surface area contributed by atoms with Crippen molar-refractivity contribution in [3.8, 4) is 22.8 Å². The summed E-state index contributed by atoms with van der Waals surface area (Å²) in [5.41, 5.74) is 0.311. The Kier molecular flexibility index (Phi) is 4.70. The standard InChI is InChI=1S/C19H9Cl2F2N3O2/c20-10-3-1-4-11(21)16(10)17-13-7-8-15(25-26(13)9-24-19(17)27)28-14-6-2-5-12(22)18(14)23/h1-9H. The Morgan fingerprint density at radius 1 is 0.929 bits per heavy atom. The molecule has 2 aromatic carbocycles. The molecule has 0 amide bonds. The van der Waals surface area contributed by atoms with E-state index in [4.69, 9.17) is 27.9 Å². The molecule has 0 spiro atoms. The van der Waals surface area contributed by atoms with Crippen molar-refractivity contribution >= 4 is 28.7 Å². The third kappa shape index (κ3) is 3.19. The lowest BCUT2D eigenvalue weighted by Crippen LogP contribution is -2.14. The van der Waals surface area contributed by atoms with Gasteiger partial charge in [-0.2, -0.15) is 9.37 Å². The molecule has 0 fully saturated rings. The maximum atomic E-state index is 13.8. The Bertz CT molecular complexity index is 1260. The molecule has 4 aromatic rings. The van der Waals surface area contributed by atoms with E-state index < -0.39 is 17.2 Å². The summed E-state index contributed by atoms with van der Waals surface area (Å²) in [7, 11) is 0. The molecule has 5 nitrogen and oxygen atoms in total. The van der Waals surface area contributed by atoms with Crippen LogP contribution in [0.2, 0.25) is 10.0 Å². The van der Waals surface area contributed by atoms with Gasteiger partial charge in [-0.3, -0.25) is 4.79 Å². The normalized spacial score (nSPS) is 11.0. The highest BCUT2D eigenvalue weighted by molar-refractivity contribution is 6.39. The van der Waals surface area contributed by atoms with Gasteiger partial charge in [-0.15, -0.1) is 5.10 Å². The Balaban J connectivity index is 1.86. The number of halogens is 4. The van der Waals surface area contributed by atoms with Crippen LogP contribution in [-0.2, 0) is 0 Å². The molecule has 0 saturated carbocycles. The number of nitrogens with zero attached hydrogens (tertiary/aromatic N) is 3. The number of fused-ring (bicyclic) bond motifs is 1. The number of ether oxygens (including phenoxy) is 1. The van der Waals surface area contributed by atoms with Crippen LogP contribution in [0, 0.1) is 11.6 Å². The van der Waals surface area contributed by atoms with E-state index in [2.05, 4.69) is 10.1 Å². The second kappa shape index (κ2) is 7.18. The van der Waals surface area contributed by atoms with Gasteiger partial charge in [0.15, 0.2) is 11.6 Å². The van der Waals surface area contributed by atoms with Crippen LogP contribution in [0.1, 0.15) is 0 Å². The van der Waals surface area contributed by atoms with E-state index in [1.54, 1.807) is 18.2 Å². The summed E-state index contributed by atoms with van der Waals surface area (Å²) in [5.74, 6) is -2.53. The maximum Gasteiger partial charge on any atom is 0.281 e. The first-order chi connectivity index (χ1) is 13.5. The summed E-state index contributed by atoms with van der Waals surface area (Å²) in [6, 6.07) is 11.3. The zero-order valence-electron chi connectivity index (χ0n) is 13.9. The summed E-state index contributed by atoms with van der Waals surface area (Å²) >= 11 is 12.4. The average Bonchev–Trinajstić information content (AvgIpc) is 2.67. The molecule has 0 atom stereocenters. The fourth-order valence-electron chi connectivity index (χ4n) is 2.69. The molecule has 0 unspecified atom stereocenters. The van der Waals surface area contributed by atoms with Crippen molar-refractivity contribution in [1.29, 1.82) is 0 Å². The maximum absolute atomic E-state index is 13.8. The third-order valence-corrected chi connectivity index (χ3v) is 4.56. The van der Waals surface area contributed by atoms with Gasteiger partial charge in [-0.25, -0.2) is 8.91 Å². The first-order valence-electron chi connectivity index (χ1n) is 7.90. The predicted molar refractivity (Wildman–Crippen MR) is 101 cm³/mol. The molecule has 0 bridgehead atoms. The van der Waals surface area contributed by atoms with Crippen LogP contribution in [0.5, 0.6) is 11.6 Å². The first-order valence-corrected chi connectivity index (χ1v) is 8.66. The molecule has 0 aliphatic heterocycles. The monoisotopic (exact) mass is 419 g/mol. The molecule has 2 heterocycles. The van der Waals surface area contributed by atoms with E-state index in [1.165, 1.54) is 35.1 Å². The van der Waals surface area contributed by atoms with Crippen LogP contribution in [0.3, 0.4) is 0 Å². The highest BCUT2D eigenvalue weighted by Gasteiger charge is 2.17. The molecule has 0 aliphatic rings. The Morgan fingerprint density at radius 3 is 2.39 bits per heavy atom. The molecular formula is C19H9Cl2F2N3O2. The van der Waals surface area contributed by atoms with Gasteiger partial charge in [0, 0.05) is 11.6 Å². The number of aromatic nitrogens is 3. The second-order valence-corrected chi connectivity index (χ2v) is 6.49.